The number of unbranched alkanes of at least 4 members (excludes halogenated alkanes) is 1. The highest BCUT2D eigenvalue weighted by Crippen LogP contribution is 2.29. The van der Waals surface area contributed by atoms with E-state index in [9.17, 15) is 9.90 Å². The lowest BCUT2D eigenvalue weighted by atomic mass is 9.98. The fraction of sp³-hybridized carbons (Fsp3) is 0.533. The van der Waals surface area contributed by atoms with Gasteiger partial charge in [0.1, 0.15) is 5.75 Å². The molecule has 104 valence electrons. The van der Waals surface area contributed by atoms with Crippen molar-refractivity contribution >= 4 is 5.97 Å². The Bertz CT molecular complexity index is 442. The molecule has 2 N–H and O–H groups in total. The molecule has 0 amide bonds. The van der Waals surface area contributed by atoms with Crippen LogP contribution in [0.15, 0.2) is 18.2 Å². The molecule has 2 rings (SSSR count). The van der Waals surface area contributed by atoms with E-state index in [1.807, 2.05) is 18.2 Å². The molecule has 4 heteroatoms. The molecule has 1 aromatic rings. The van der Waals surface area contributed by atoms with Gasteiger partial charge in [0.2, 0.25) is 0 Å². The Morgan fingerprint density at radius 2 is 2.21 bits per heavy atom. The van der Waals surface area contributed by atoms with Crippen molar-refractivity contribution in [3.05, 3.63) is 29.3 Å². The number of rotatable bonds is 6. The van der Waals surface area contributed by atoms with E-state index in [1.165, 1.54) is 0 Å². The van der Waals surface area contributed by atoms with Crippen molar-refractivity contribution < 1.29 is 19.7 Å². The van der Waals surface area contributed by atoms with Crippen LogP contribution >= 0.6 is 0 Å². The van der Waals surface area contributed by atoms with Crippen molar-refractivity contribution in [2.45, 2.75) is 44.6 Å². The van der Waals surface area contributed by atoms with Crippen molar-refractivity contribution in [2.75, 3.05) is 6.61 Å². The lowest BCUT2D eigenvalue weighted by Gasteiger charge is -2.19. The summed E-state index contributed by atoms with van der Waals surface area (Å²) in [5.41, 5.74) is 2.06. The highest BCUT2D eigenvalue weighted by atomic mass is 16.5. The first kappa shape index (κ1) is 13.9. The molecule has 0 saturated heterocycles. The molecule has 0 bridgehead atoms. The lowest BCUT2D eigenvalue weighted by Crippen LogP contribution is -2.09. The Balaban J connectivity index is 1.88. The third-order valence-electron chi connectivity index (χ3n) is 3.44. The van der Waals surface area contributed by atoms with E-state index in [2.05, 4.69) is 0 Å². The highest BCUT2D eigenvalue weighted by molar-refractivity contribution is 5.66. The number of aliphatic carboxylic acids is 1. The van der Waals surface area contributed by atoms with Gasteiger partial charge in [-0.1, -0.05) is 6.07 Å². The van der Waals surface area contributed by atoms with Crippen molar-refractivity contribution in [3.63, 3.8) is 0 Å². The van der Waals surface area contributed by atoms with E-state index in [0.29, 0.717) is 12.8 Å². The lowest BCUT2D eigenvalue weighted by molar-refractivity contribution is -0.137. The van der Waals surface area contributed by atoms with E-state index in [1.54, 1.807) is 0 Å². The average molecular weight is 264 g/mol. The third kappa shape index (κ3) is 3.96. The topological polar surface area (TPSA) is 66.8 Å². The predicted octanol–water partition coefficient (Wildman–Crippen LogP) is 2.69. The Hall–Kier alpha value is -1.55. The molecule has 1 atom stereocenters. The number of carbonyl (C=O) groups is 1. The molecule has 0 saturated carbocycles. The SMILES string of the molecule is O=C(O)CCCCC(O)c1ccc2c(c1)CCCO2. The first-order chi connectivity index (χ1) is 9.16. The van der Waals surface area contributed by atoms with Crippen molar-refractivity contribution in [1.29, 1.82) is 0 Å². The Labute approximate surface area is 113 Å². The van der Waals surface area contributed by atoms with Gasteiger partial charge in [0, 0.05) is 6.42 Å². The molecule has 1 aromatic carbocycles. The molecule has 1 heterocycles. The summed E-state index contributed by atoms with van der Waals surface area (Å²) >= 11 is 0. The first-order valence-electron chi connectivity index (χ1n) is 6.82. The number of benzene rings is 1. The van der Waals surface area contributed by atoms with Crippen molar-refractivity contribution in [1.82, 2.24) is 0 Å². The number of fused-ring (bicyclic) bond motifs is 1. The van der Waals surface area contributed by atoms with Gasteiger partial charge in [-0.05, 0) is 55.4 Å². The Kier molecular flexibility index (Phi) is 4.80. The van der Waals surface area contributed by atoms with Crippen LogP contribution in [0, 0.1) is 0 Å². The van der Waals surface area contributed by atoms with Gasteiger partial charge in [-0.2, -0.15) is 0 Å². The van der Waals surface area contributed by atoms with Crippen LogP contribution in [0.1, 0.15) is 49.3 Å². The second kappa shape index (κ2) is 6.57. The number of ether oxygens (including phenoxy) is 1. The summed E-state index contributed by atoms with van der Waals surface area (Å²) in [6.07, 6.45) is 3.61. The normalized spacial score (nSPS) is 15.4. The molecular formula is C15H20O4. The predicted molar refractivity (Wildman–Crippen MR) is 71.3 cm³/mol. The van der Waals surface area contributed by atoms with Crippen molar-refractivity contribution in [3.8, 4) is 5.75 Å². The summed E-state index contributed by atoms with van der Waals surface area (Å²) in [4.78, 5) is 10.4. The summed E-state index contributed by atoms with van der Waals surface area (Å²) in [6.45, 7) is 0.768. The zero-order valence-electron chi connectivity index (χ0n) is 11.0. The van der Waals surface area contributed by atoms with Gasteiger partial charge in [-0.3, -0.25) is 4.79 Å². The molecule has 19 heavy (non-hydrogen) atoms. The number of carboxylic acid groups (broad SMARTS) is 1. The molecule has 1 unspecified atom stereocenters. The quantitative estimate of drug-likeness (QED) is 0.775. The summed E-state index contributed by atoms with van der Waals surface area (Å²) in [7, 11) is 0. The maximum atomic E-state index is 10.4. The van der Waals surface area contributed by atoms with Gasteiger partial charge in [0.15, 0.2) is 0 Å². The largest absolute Gasteiger partial charge is 0.493 e. The number of aliphatic hydroxyl groups excluding tert-OH is 1. The summed E-state index contributed by atoms with van der Waals surface area (Å²) in [5, 5.41) is 18.7. The molecule has 1 aliphatic heterocycles. The van der Waals surface area contributed by atoms with E-state index in [4.69, 9.17) is 9.84 Å². The molecule has 1 aliphatic rings. The van der Waals surface area contributed by atoms with E-state index < -0.39 is 12.1 Å². The van der Waals surface area contributed by atoms with Gasteiger partial charge in [0.25, 0.3) is 0 Å². The zero-order chi connectivity index (χ0) is 13.7. The second-order valence-corrected chi connectivity index (χ2v) is 4.97. The third-order valence-corrected chi connectivity index (χ3v) is 3.44. The highest BCUT2D eigenvalue weighted by Gasteiger charge is 2.14. The van der Waals surface area contributed by atoms with Crippen molar-refractivity contribution in [2.24, 2.45) is 0 Å². The van der Waals surface area contributed by atoms with Crippen LogP contribution in [0.4, 0.5) is 0 Å². The monoisotopic (exact) mass is 264 g/mol. The average Bonchev–Trinajstić information content (AvgIpc) is 2.42. The molecule has 0 spiro atoms. The maximum absolute atomic E-state index is 10.4. The van der Waals surface area contributed by atoms with Crippen LogP contribution < -0.4 is 4.74 Å². The van der Waals surface area contributed by atoms with Crippen LogP contribution in [-0.2, 0) is 11.2 Å². The molecule has 4 nitrogen and oxygen atoms in total. The minimum absolute atomic E-state index is 0.171. The summed E-state index contributed by atoms with van der Waals surface area (Å²) in [6, 6.07) is 5.83. The number of aliphatic hydroxyl groups is 1. The van der Waals surface area contributed by atoms with Gasteiger partial charge in [0.05, 0.1) is 12.7 Å². The van der Waals surface area contributed by atoms with Crippen LogP contribution in [-0.4, -0.2) is 22.8 Å². The van der Waals surface area contributed by atoms with Gasteiger partial charge >= 0.3 is 5.97 Å². The van der Waals surface area contributed by atoms with Gasteiger partial charge in [-0.25, -0.2) is 0 Å². The number of hydrogen-bond acceptors (Lipinski definition) is 3. The van der Waals surface area contributed by atoms with E-state index >= 15 is 0 Å². The van der Waals surface area contributed by atoms with E-state index in [0.717, 1.165) is 42.7 Å². The molecule has 0 radical (unpaired) electrons. The molecule has 0 fully saturated rings. The Morgan fingerprint density at radius 1 is 1.37 bits per heavy atom. The molecule has 0 aliphatic carbocycles. The zero-order valence-corrected chi connectivity index (χ0v) is 11.0. The minimum Gasteiger partial charge on any atom is -0.493 e. The molecule has 0 aromatic heterocycles. The van der Waals surface area contributed by atoms with Crippen LogP contribution in [0.5, 0.6) is 5.75 Å². The van der Waals surface area contributed by atoms with Crippen LogP contribution in [0.25, 0.3) is 0 Å². The summed E-state index contributed by atoms with van der Waals surface area (Å²) < 4.78 is 5.54. The first-order valence-corrected chi connectivity index (χ1v) is 6.82. The second-order valence-electron chi connectivity index (χ2n) is 4.97. The van der Waals surface area contributed by atoms with Gasteiger partial charge < -0.3 is 14.9 Å². The van der Waals surface area contributed by atoms with Crippen LogP contribution in [0.3, 0.4) is 0 Å². The number of aryl methyl sites for hydroxylation is 1. The number of hydrogen-bond donors (Lipinski definition) is 2. The minimum atomic E-state index is -0.777. The Morgan fingerprint density at radius 3 is 3.00 bits per heavy atom. The van der Waals surface area contributed by atoms with Gasteiger partial charge in [-0.15, -0.1) is 0 Å². The maximum Gasteiger partial charge on any atom is 0.303 e. The fourth-order valence-corrected chi connectivity index (χ4v) is 2.37. The number of carboxylic acids is 1. The standard InChI is InChI=1S/C15H20O4/c16-13(5-1-2-6-15(17)18)11-7-8-14-12(10-11)4-3-9-19-14/h7-8,10,13,16H,1-6,9H2,(H,17,18). The summed E-state index contributed by atoms with van der Waals surface area (Å²) in [5.74, 6) is 0.147. The van der Waals surface area contributed by atoms with E-state index in [-0.39, 0.29) is 6.42 Å². The molecular weight excluding hydrogens is 244 g/mol. The van der Waals surface area contributed by atoms with Crippen LogP contribution in [0.2, 0.25) is 0 Å². The smallest absolute Gasteiger partial charge is 0.303 e. The fourth-order valence-electron chi connectivity index (χ4n) is 2.37.